The number of aliphatic hydroxyl groups excluding tert-OH is 1. The maximum atomic E-state index is 10.1. The number of carboxylic acids is 4. The van der Waals surface area contributed by atoms with Crippen LogP contribution in [-0.4, -0.2) is 98.7 Å². The van der Waals surface area contributed by atoms with Crippen LogP contribution >= 0.6 is 0 Å². The van der Waals surface area contributed by atoms with Crippen LogP contribution < -0.4 is 27.8 Å². The summed E-state index contributed by atoms with van der Waals surface area (Å²) in [6.07, 6.45) is 2.28. The van der Waals surface area contributed by atoms with Crippen molar-refractivity contribution in [2.24, 2.45) is 17.2 Å². The Balaban J connectivity index is 0. The molecule has 192 valence electrons. The Morgan fingerprint density at radius 3 is 1.33 bits per heavy atom. The molecule has 2 saturated heterocycles. The summed E-state index contributed by atoms with van der Waals surface area (Å²) in [4.78, 5) is 50.0. The van der Waals surface area contributed by atoms with Gasteiger partial charge in [-0.2, -0.15) is 0 Å². The van der Waals surface area contributed by atoms with E-state index in [-0.39, 0.29) is 18.5 Å². The molecule has 0 bridgehead atoms. The highest BCUT2D eigenvalue weighted by Crippen LogP contribution is 2.04. The SMILES string of the molecule is CC(O)C(N)C(=O)O.NC(=O)CC(N)C(=O)O.O=C(O)[C@@H]1CCCN1.O=C(O)[C@@H]1CCCN1. The molecule has 5 atom stereocenters. The summed E-state index contributed by atoms with van der Waals surface area (Å²) in [6, 6.07) is -2.86. The molecule has 2 fully saturated rings. The van der Waals surface area contributed by atoms with Crippen molar-refractivity contribution in [3.05, 3.63) is 0 Å². The molecule has 15 heteroatoms. The number of aliphatic hydroxyl groups is 1. The van der Waals surface area contributed by atoms with Gasteiger partial charge in [-0.3, -0.25) is 24.0 Å². The number of rotatable bonds is 7. The Morgan fingerprint density at radius 2 is 1.24 bits per heavy atom. The molecule has 0 radical (unpaired) electrons. The molecule has 1 amide bonds. The largest absolute Gasteiger partial charge is 0.480 e. The molecular formula is C18H35N5O10. The average Bonchev–Trinajstić information content (AvgIpc) is 3.42. The second kappa shape index (κ2) is 17.7. The summed E-state index contributed by atoms with van der Waals surface area (Å²) in [5.74, 6) is -4.54. The van der Waals surface area contributed by atoms with Crippen LogP contribution in [-0.2, 0) is 24.0 Å². The van der Waals surface area contributed by atoms with E-state index in [1.165, 1.54) is 6.92 Å². The van der Waals surface area contributed by atoms with Gasteiger partial charge in [0.05, 0.1) is 12.5 Å². The monoisotopic (exact) mass is 481 g/mol. The highest BCUT2D eigenvalue weighted by atomic mass is 16.4. The first kappa shape index (κ1) is 32.3. The first-order valence-corrected chi connectivity index (χ1v) is 10.1. The topological polar surface area (TPSA) is 289 Å². The Hall–Kier alpha value is -2.85. The number of primary amides is 1. The highest BCUT2D eigenvalue weighted by Gasteiger charge is 2.21. The van der Waals surface area contributed by atoms with Crippen LogP contribution in [0.1, 0.15) is 39.0 Å². The van der Waals surface area contributed by atoms with Gasteiger partial charge in [-0.25, -0.2) is 0 Å². The number of aliphatic carboxylic acids is 4. The number of carbonyl (C=O) groups is 5. The zero-order valence-corrected chi connectivity index (χ0v) is 18.3. The third kappa shape index (κ3) is 17.4. The fourth-order valence-corrected chi connectivity index (χ4v) is 2.30. The van der Waals surface area contributed by atoms with E-state index in [0.717, 1.165) is 38.8 Å². The predicted molar refractivity (Wildman–Crippen MR) is 114 cm³/mol. The number of amides is 1. The fourth-order valence-electron chi connectivity index (χ4n) is 2.30. The van der Waals surface area contributed by atoms with Crippen molar-refractivity contribution in [1.82, 2.24) is 10.6 Å². The van der Waals surface area contributed by atoms with Gasteiger partial charge in [0.1, 0.15) is 24.2 Å². The van der Waals surface area contributed by atoms with Crippen LogP contribution in [0, 0.1) is 0 Å². The lowest BCUT2D eigenvalue weighted by Gasteiger charge is -2.06. The third-order valence-corrected chi connectivity index (χ3v) is 4.26. The Morgan fingerprint density at radius 1 is 0.848 bits per heavy atom. The molecule has 0 aromatic carbocycles. The summed E-state index contributed by atoms with van der Waals surface area (Å²) in [6.45, 7) is 3.05. The predicted octanol–water partition coefficient (Wildman–Crippen LogP) is -3.30. The molecule has 15 nitrogen and oxygen atoms in total. The van der Waals surface area contributed by atoms with Crippen molar-refractivity contribution in [2.45, 2.75) is 69.3 Å². The quantitative estimate of drug-likeness (QED) is 0.170. The van der Waals surface area contributed by atoms with Crippen LogP contribution in [0.2, 0.25) is 0 Å². The minimum Gasteiger partial charge on any atom is -0.480 e. The summed E-state index contributed by atoms with van der Waals surface area (Å²) in [7, 11) is 0. The van der Waals surface area contributed by atoms with E-state index < -0.39 is 48.0 Å². The zero-order valence-electron chi connectivity index (χ0n) is 18.3. The first-order valence-electron chi connectivity index (χ1n) is 10.1. The van der Waals surface area contributed by atoms with Gasteiger partial charge in [-0.1, -0.05) is 0 Å². The van der Waals surface area contributed by atoms with Crippen molar-refractivity contribution in [3.8, 4) is 0 Å². The molecular weight excluding hydrogens is 446 g/mol. The average molecular weight is 482 g/mol. The number of carboxylic acid groups (broad SMARTS) is 4. The van der Waals surface area contributed by atoms with Gasteiger partial charge in [0.25, 0.3) is 0 Å². The normalized spacial score (nSPS) is 21.3. The van der Waals surface area contributed by atoms with Crippen molar-refractivity contribution in [3.63, 3.8) is 0 Å². The highest BCUT2D eigenvalue weighted by molar-refractivity contribution is 5.83. The molecule has 2 rings (SSSR count). The molecule has 13 N–H and O–H groups in total. The second-order valence-corrected chi connectivity index (χ2v) is 7.19. The molecule has 0 aromatic rings. The van der Waals surface area contributed by atoms with Crippen molar-refractivity contribution >= 4 is 29.8 Å². The second-order valence-electron chi connectivity index (χ2n) is 7.19. The molecule has 0 aromatic heterocycles. The van der Waals surface area contributed by atoms with Gasteiger partial charge in [0.15, 0.2) is 0 Å². The van der Waals surface area contributed by atoms with E-state index in [1.54, 1.807) is 0 Å². The van der Waals surface area contributed by atoms with Crippen molar-refractivity contribution in [2.75, 3.05) is 13.1 Å². The van der Waals surface area contributed by atoms with E-state index in [2.05, 4.69) is 16.4 Å². The molecule has 0 spiro atoms. The minimum atomic E-state index is -1.21. The van der Waals surface area contributed by atoms with Gasteiger partial charge in [-0.05, 0) is 45.7 Å². The van der Waals surface area contributed by atoms with E-state index in [1.807, 2.05) is 0 Å². The zero-order chi connectivity index (χ0) is 26.1. The maximum Gasteiger partial charge on any atom is 0.323 e. The number of hydrogen-bond donors (Lipinski definition) is 10. The van der Waals surface area contributed by atoms with Gasteiger partial charge in [-0.15, -0.1) is 0 Å². The van der Waals surface area contributed by atoms with E-state index >= 15 is 0 Å². The van der Waals surface area contributed by atoms with Crippen molar-refractivity contribution < 1.29 is 49.5 Å². The van der Waals surface area contributed by atoms with Crippen LogP contribution in [0.3, 0.4) is 0 Å². The van der Waals surface area contributed by atoms with Crippen LogP contribution in [0.15, 0.2) is 0 Å². The minimum absolute atomic E-state index is 0.269. The van der Waals surface area contributed by atoms with Gasteiger partial charge in [0.2, 0.25) is 5.91 Å². The number of nitrogens with two attached hydrogens (primary N) is 3. The van der Waals surface area contributed by atoms with Crippen LogP contribution in [0.25, 0.3) is 0 Å². The molecule has 2 aliphatic heterocycles. The number of nitrogens with one attached hydrogen (secondary N) is 2. The van der Waals surface area contributed by atoms with Gasteiger partial charge >= 0.3 is 23.9 Å². The van der Waals surface area contributed by atoms with E-state index in [4.69, 9.17) is 37.0 Å². The van der Waals surface area contributed by atoms with Crippen LogP contribution in [0.5, 0.6) is 0 Å². The Labute approximate surface area is 190 Å². The Kier molecular flexibility index (Phi) is 17.3. The third-order valence-electron chi connectivity index (χ3n) is 4.26. The smallest absolute Gasteiger partial charge is 0.323 e. The first-order chi connectivity index (χ1) is 15.2. The van der Waals surface area contributed by atoms with Gasteiger partial charge < -0.3 is 53.4 Å². The molecule has 0 aliphatic carbocycles. The molecule has 0 saturated carbocycles. The lowest BCUT2D eigenvalue weighted by Crippen LogP contribution is -2.39. The summed E-state index contributed by atoms with van der Waals surface area (Å²) >= 11 is 0. The number of carbonyl (C=O) groups excluding carboxylic acids is 1. The van der Waals surface area contributed by atoms with Crippen molar-refractivity contribution in [1.29, 1.82) is 0 Å². The van der Waals surface area contributed by atoms with Crippen LogP contribution in [0.4, 0.5) is 0 Å². The molecule has 2 heterocycles. The lowest BCUT2D eigenvalue weighted by molar-refractivity contribution is -0.141. The number of hydrogen-bond acceptors (Lipinski definition) is 10. The fraction of sp³-hybridized carbons (Fsp3) is 0.722. The molecule has 2 aliphatic rings. The van der Waals surface area contributed by atoms with E-state index in [0.29, 0.717) is 0 Å². The summed E-state index contributed by atoms with van der Waals surface area (Å²) < 4.78 is 0. The summed E-state index contributed by atoms with van der Waals surface area (Å²) in [5.41, 5.74) is 14.5. The maximum absolute atomic E-state index is 10.1. The molecule has 3 unspecified atom stereocenters. The molecule has 33 heavy (non-hydrogen) atoms. The van der Waals surface area contributed by atoms with E-state index in [9.17, 15) is 24.0 Å². The standard InChI is InChI=1S/2C5H9NO2.C4H8N2O3.C4H9NO3/c2*7-5(8)4-2-1-3-6-4;5-2(4(8)9)1-3(6)7;1-2(6)3(5)4(7)8/h2*4,6H,1-3H2,(H,7,8);2H,1,5H2,(H2,6,7)(H,8,9);2-3,6H,5H2,1H3,(H,7,8)/t2*4-;;/m00../s1. The Bertz CT molecular complexity index is 592. The van der Waals surface area contributed by atoms with Gasteiger partial charge in [0, 0.05) is 0 Å². The summed E-state index contributed by atoms with van der Waals surface area (Å²) in [5, 5.41) is 47.1. The lowest BCUT2D eigenvalue weighted by atomic mass is 10.2.